The average Bonchev–Trinajstić information content (AvgIpc) is 3.25. The third-order valence-electron chi connectivity index (χ3n) is 5.13. The van der Waals surface area contributed by atoms with Crippen molar-refractivity contribution < 1.29 is 9.53 Å². The number of ether oxygens (including phenoxy) is 1. The largest absolute Gasteiger partial charge is 0.365 e. The number of anilines is 1. The Balaban J connectivity index is 1.61. The number of carbonyl (C=O) groups excluding carboxylic acids is 1. The molecule has 27 heavy (non-hydrogen) atoms. The predicted molar refractivity (Wildman–Crippen MR) is 100 cm³/mol. The van der Waals surface area contributed by atoms with Gasteiger partial charge in [0.25, 0.3) is 11.5 Å². The van der Waals surface area contributed by atoms with Crippen LogP contribution in [-0.2, 0) is 16.6 Å². The zero-order chi connectivity index (χ0) is 18.8. The minimum Gasteiger partial charge on any atom is -0.365 e. The molecule has 1 unspecified atom stereocenters. The summed E-state index contributed by atoms with van der Waals surface area (Å²) < 4.78 is 7.25. The minimum absolute atomic E-state index is 0.0347. The highest BCUT2D eigenvalue weighted by Gasteiger charge is 2.32. The molecule has 0 bridgehead atoms. The maximum absolute atomic E-state index is 12.7. The van der Waals surface area contributed by atoms with Crippen LogP contribution in [0.4, 0.5) is 5.95 Å². The number of pyridine rings is 1. The van der Waals surface area contributed by atoms with Crippen LogP contribution in [0.1, 0.15) is 12.8 Å². The summed E-state index contributed by atoms with van der Waals surface area (Å²) in [4.78, 5) is 37.7. The second-order valence-corrected chi connectivity index (χ2v) is 6.91. The Morgan fingerprint density at radius 1 is 1.19 bits per heavy atom. The monoisotopic (exact) mass is 369 g/mol. The predicted octanol–water partition coefficient (Wildman–Crippen LogP) is 0.670. The van der Waals surface area contributed by atoms with Crippen LogP contribution in [0.2, 0.25) is 0 Å². The van der Waals surface area contributed by atoms with Crippen LogP contribution >= 0.6 is 0 Å². The topological polar surface area (TPSA) is 80.6 Å². The Hall–Kier alpha value is -2.74. The second kappa shape index (κ2) is 7.48. The van der Waals surface area contributed by atoms with Gasteiger partial charge in [-0.2, -0.15) is 0 Å². The van der Waals surface area contributed by atoms with Crippen LogP contribution in [0.25, 0.3) is 11.3 Å². The molecule has 2 aliphatic heterocycles. The van der Waals surface area contributed by atoms with Crippen molar-refractivity contribution in [1.29, 1.82) is 0 Å². The standard InChI is InChI=1S/C19H23N5O3/c1-22-17(25)12-15(14-4-6-20-7-5-14)21-19(22)24-10-11-27-16(13-24)18(26)23-8-2-3-9-23/h4-7,12,16H,2-3,8-11,13H2,1H3. The fraction of sp³-hybridized carbons (Fsp3) is 0.474. The van der Waals surface area contributed by atoms with Gasteiger partial charge in [-0.05, 0) is 25.0 Å². The average molecular weight is 369 g/mol. The second-order valence-electron chi connectivity index (χ2n) is 6.91. The van der Waals surface area contributed by atoms with Crippen molar-refractivity contribution in [2.45, 2.75) is 18.9 Å². The first-order chi connectivity index (χ1) is 13.1. The van der Waals surface area contributed by atoms with Gasteiger partial charge in [0.15, 0.2) is 6.10 Å². The van der Waals surface area contributed by atoms with Crippen molar-refractivity contribution in [3.63, 3.8) is 0 Å². The third kappa shape index (κ3) is 3.57. The molecule has 2 saturated heterocycles. The van der Waals surface area contributed by atoms with Gasteiger partial charge in [0.1, 0.15) is 0 Å². The normalized spacial score (nSPS) is 20.1. The zero-order valence-corrected chi connectivity index (χ0v) is 15.4. The third-order valence-corrected chi connectivity index (χ3v) is 5.13. The van der Waals surface area contributed by atoms with E-state index in [4.69, 9.17) is 9.72 Å². The molecule has 2 fully saturated rings. The fourth-order valence-electron chi connectivity index (χ4n) is 3.60. The summed E-state index contributed by atoms with van der Waals surface area (Å²) in [6.45, 7) is 3.01. The quantitative estimate of drug-likeness (QED) is 0.791. The molecule has 0 spiro atoms. The summed E-state index contributed by atoms with van der Waals surface area (Å²) in [5.74, 6) is 0.587. The number of carbonyl (C=O) groups is 1. The van der Waals surface area contributed by atoms with Gasteiger partial charge < -0.3 is 14.5 Å². The number of morpholine rings is 1. The lowest BCUT2D eigenvalue weighted by Gasteiger charge is -2.35. The van der Waals surface area contributed by atoms with Crippen LogP contribution in [0.5, 0.6) is 0 Å². The van der Waals surface area contributed by atoms with E-state index in [0.29, 0.717) is 31.3 Å². The number of rotatable bonds is 3. The van der Waals surface area contributed by atoms with E-state index in [-0.39, 0.29) is 11.5 Å². The van der Waals surface area contributed by atoms with Crippen LogP contribution < -0.4 is 10.5 Å². The van der Waals surface area contributed by atoms with E-state index in [1.54, 1.807) is 19.4 Å². The van der Waals surface area contributed by atoms with E-state index >= 15 is 0 Å². The lowest BCUT2D eigenvalue weighted by atomic mass is 10.2. The van der Waals surface area contributed by atoms with Crippen molar-refractivity contribution in [1.82, 2.24) is 19.4 Å². The summed E-state index contributed by atoms with van der Waals surface area (Å²) in [6.07, 6.45) is 4.93. The highest BCUT2D eigenvalue weighted by Crippen LogP contribution is 2.21. The number of aromatic nitrogens is 3. The summed E-state index contributed by atoms with van der Waals surface area (Å²) in [5.41, 5.74) is 1.30. The maximum atomic E-state index is 12.7. The maximum Gasteiger partial charge on any atom is 0.255 e. The van der Waals surface area contributed by atoms with Crippen LogP contribution in [0.3, 0.4) is 0 Å². The molecule has 1 atom stereocenters. The fourth-order valence-corrected chi connectivity index (χ4v) is 3.60. The van der Waals surface area contributed by atoms with Gasteiger partial charge in [0, 0.05) is 50.7 Å². The smallest absolute Gasteiger partial charge is 0.255 e. The van der Waals surface area contributed by atoms with Crippen molar-refractivity contribution in [2.75, 3.05) is 37.7 Å². The summed E-state index contributed by atoms with van der Waals surface area (Å²) in [7, 11) is 1.70. The lowest BCUT2D eigenvalue weighted by molar-refractivity contribution is -0.143. The molecule has 8 nitrogen and oxygen atoms in total. The molecule has 4 rings (SSSR count). The SMILES string of the molecule is Cn1c(N2CCOC(C(=O)N3CCCC3)C2)nc(-c2ccncc2)cc1=O. The Morgan fingerprint density at radius 2 is 1.93 bits per heavy atom. The van der Waals surface area contributed by atoms with Gasteiger partial charge in [-0.15, -0.1) is 0 Å². The molecule has 4 heterocycles. The molecule has 0 aliphatic carbocycles. The van der Waals surface area contributed by atoms with Gasteiger partial charge in [-0.1, -0.05) is 0 Å². The van der Waals surface area contributed by atoms with Crippen LogP contribution in [-0.4, -0.2) is 64.2 Å². The molecule has 2 aliphatic rings. The molecule has 0 saturated carbocycles. The van der Waals surface area contributed by atoms with Gasteiger partial charge in [-0.3, -0.25) is 19.1 Å². The number of hydrogen-bond acceptors (Lipinski definition) is 6. The first kappa shape index (κ1) is 17.7. The lowest BCUT2D eigenvalue weighted by Crippen LogP contribution is -2.51. The Bertz CT molecular complexity index is 877. The highest BCUT2D eigenvalue weighted by molar-refractivity contribution is 5.82. The number of hydrogen-bond donors (Lipinski definition) is 0. The molecule has 0 radical (unpaired) electrons. The van der Waals surface area contributed by atoms with E-state index in [1.165, 1.54) is 10.6 Å². The number of nitrogens with zero attached hydrogens (tertiary/aromatic N) is 5. The van der Waals surface area contributed by atoms with Crippen molar-refractivity contribution in [3.05, 3.63) is 40.9 Å². The Kier molecular flexibility index (Phi) is 4.89. The van der Waals surface area contributed by atoms with Crippen LogP contribution in [0, 0.1) is 0 Å². The molecule has 0 N–H and O–H groups in total. The Labute approximate surface area is 157 Å². The molecule has 2 aromatic rings. The number of likely N-dealkylation sites (tertiary alicyclic amines) is 1. The van der Waals surface area contributed by atoms with Crippen molar-refractivity contribution >= 4 is 11.9 Å². The van der Waals surface area contributed by atoms with Gasteiger partial charge >= 0.3 is 0 Å². The van der Waals surface area contributed by atoms with E-state index in [9.17, 15) is 9.59 Å². The van der Waals surface area contributed by atoms with E-state index in [1.807, 2.05) is 21.9 Å². The summed E-state index contributed by atoms with van der Waals surface area (Å²) in [6, 6.07) is 5.17. The molecular weight excluding hydrogens is 346 g/mol. The summed E-state index contributed by atoms with van der Waals surface area (Å²) >= 11 is 0. The van der Waals surface area contributed by atoms with Crippen molar-refractivity contribution in [2.24, 2.45) is 7.05 Å². The van der Waals surface area contributed by atoms with Gasteiger partial charge in [0.2, 0.25) is 5.95 Å². The zero-order valence-electron chi connectivity index (χ0n) is 15.4. The first-order valence-corrected chi connectivity index (χ1v) is 9.27. The Morgan fingerprint density at radius 3 is 2.67 bits per heavy atom. The highest BCUT2D eigenvalue weighted by atomic mass is 16.5. The molecular formula is C19H23N5O3. The minimum atomic E-state index is -0.515. The van der Waals surface area contributed by atoms with Crippen molar-refractivity contribution in [3.8, 4) is 11.3 Å². The molecule has 0 aromatic carbocycles. The van der Waals surface area contributed by atoms with E-state index in [2.05, 4.69) is 4.98 Å². The molecule has 8 heteroatoms. The van der Waals surface area contributed by atoms with E-state index in [0.717, 1.165) is 31.5 Å². The van der Waals surface area contributed by atoms with E-state index < -0.39 is 6.10 Å². The first-order valence-electron chi connectivity index (χ1n) is 9.27. The summed E-state index contributed by atoms with van der Waals surface area (Å²) in [5, 5.41) is 0. The van der Waals surface area contributed by atoms with Gasteiger partial charge in [-0.25, -0.2) is 4.98 Å². The van der Waals surface area contributed by atoms with Gasteiger partial charge in [0.05, 0.1) is 18.8 Å². The number of amides is 1. The molecule has 142 valence electrons. The van der Waals surface area contributed by atoms with Crippen LogP contribution in [0.15, 0.2) is 35.4 Å². The molecule has 1 amide bonds. The molecule has 2 aromatic heterocycles.